The van der Waals surface area contributed by atoms with E-state index in [9.17, 15) is 4.79 Å². The zero-order chi connectivity index (χ0) is 16.5. The van der Waals surface area contributed by atoms with Crippen molar-refractivity contribution in [2.75, 3.05) is 18.4 Å². The Hall–Kier alpha value is -2.04. The summed E-state index contributed by atoms with van der Waals surface area (Å²) >= 11 is 5.85. The van der Waals surface area contributed by atoms with Crippen LogP contribution in [0.5, 0.6) is 5.75 Å². The lowest BCUT2D eigenvalue weighted by molar-refractivity contribution is -0.115. The molecule has 0 aliphatic heterocycles. The molecule has 122 valence electrons. The van der Waals surface area contributed by atoms with Gasteiger partial charge in [0.05, 0.1) is 6.54 Å². The van der Waals surface area contributed by atoms with Gasteiger partial charge in [0.2, 0.25) is 5.91 Å². The van der Waals surface area contributed by atoms with Crippen LogP contribution in [0.25, 0.3) is 0 Å². The third-order valence-electron chi connectivity index (χ3n) is 3.17. The van der Waals surface area contributed by atoms with Crippen molar-refractivity contribution in [2.24, 2.45) is 0 Å². The summed E-state index contributed by atoms with van der Waals surface area (Å²) in [5.41, 5.74) is 1.81. The molecule has 0 saturated carbocycles. The van der Waals surface area contributed by atoms with E-state index in [4.69, 9.17) is 16.3 Å². The maximum absolute atomic E-state index is 11.7. The van der Waals surface area contributed by atoms with Crippen LogP contribution < -0.4 is 15.4 Å². The molecule has 0 aromatic heterocycles. The van der Waals surface area contributed by atoms with Crippen LogP contribution in [0.4, 0.5) is 5.69 Å². The SMILES string of the molecule is CCCNCC(=O)Nc1ccc(OCc2ccc(Cl)cc2)cc1. The molecule has 0 heterocycles. The van der Waals surface area contributed by atoms with E-state index >= 15 is 0 Å². The van der Waals surface area contributed by atoms with Crippen molar-refractivity contribution in [3.63, 3.8) is 0 Å². The zero-order valence-electron chi connectivity index (χ0n) is 13.1. The minimum Gasteiger partial charge on any atom is -0.489 e. The molecule has 0 atom stereocenters. The van der Waals surface area contributed by atoms with E-state index < -0.39 is 0 Å². The van der Waals surface area contributed by atoms with E-state index in [1.54, 1.807) is 0 Å². The van der Waals surface area contributed by atoms with Gasteiger partial charge in [-0.25, -0.2) is 0 Å². The molecule has 2 aromatic carbocycles. The van der Waals surface area contributed by atoms with E-state index in [-0.39, 0.29) is 5.91 Å². The largest absolute Gasteiger partial charge is 0.489 e. The molecule has 5 heteroatoms. The monoisotopic (exact) mass is 332 g/mol. The number of benzene rings is 2. The Balaban J connectivity index is 1.79. The molecule has 0 aliphatic rings. The van der Waals surface area contributed by atoms with E-state index in [1.165, 1.54) is 0 Å². The summed E-state index contributed by atoms with van der Waals surface area (Å²) in [6.07, 6.45) is 1.01. The lowest BCUT2D eigenvalue weighted by Crippen LogP contribution is -2.28. The van der Waals surface area contributed by atoms with Gasteiger partial charge in [0.15, 0.2) is 0 Å². The fourth-order valence-corrected chi connectivity index (χ4v) is 2.09. The standard InChI is InChI=1S/C18H21ClN2O2/c1-2-11-20-12-18(22)21-16-7-9-17(10-8-16)23-13-14-3-5-15(19)6-4-14/h3-10,20H,2,11-13H2,1H3,(H,21,22). The minimum absolute atomic E-state index is 0.0479. The van der Waals surface area contributed by atoms with Gasteiger partial charge in [-0.3, -0.25) is 4.79 Å². The number of halogens is 1. The van der Waals surface area contributed by atoms with Gasteiger partial charge in [-0.15, -0.1) is 0 Å². The van der Waals surface area contributed by atoms with Gasteiger partial charge in [-0.2, -0.15) is 0 Å². The van der Waals surface area contributed by atoms with Crippen LogP contribution >= 0.6 is 11.6 Å². The normalized spacial score (nSPS) is 10.3. The van der Waals surface area contributed by atoms with E-state index in [2.05, 4.69) is 17.6 Å². The Morgan fingerprint density at radius 3 is 2.43 bits per heavy atom. The average Bonchev–Trinajstić information content (AvgIpc) is 2.56. The van der Waals surface area contributed by atoms with Crippen LogP contribution in [-0.2, 0) is 11.4 Å². The van der Waals surface area contributed by atoms with Gasteiger partial charge in [0.25, 0.3) is 0 Å². The summed E-state index contributed by atoms with van der Waals surface area (Å²) in [6, 6.07) is 14.9. The Morgan fingerprint density at radius 2 is 1.78 bits per heavy atom. The maximum Gasteiger partial charge on any atom is 0.238 e. The first-order valence-corrected chi connectivity index (χ1v) is 8.03. The second-order valence-electron chi connectivity index (χ2n) is 5.16. The molecule has 0 saturated heterocycles. The number of hydrogen-bond acceptors (Lipinski definition) is 3. The van der Waals surface area contributed by atoms with Crippen molar-refractivity contribution in [1.29, 1.82) is 0 Å². The first kappa shape index (κ1) is 17.3. The van der Waals surface area contributed by atoms with Crippen molar-refractivity contribution >= 4 is 23.2 Å². The summed E-state index contributed by atoms with van der Waals surface area (Å²) in [7, 11) is 0. The number of anilines is 1. The summed E-state index contributed by atoms with van der Waals surface area (Å²) < 4.78 is 5.70. The third-order valence-corrected chi connectivity index (χ3v) is 3.42. The molecule has 2 N–H and O–H groups in total. The van der Waals surface area contributed by atoms with Crippen molar-refractivity contribution in [3.8, 4) is 5.75 Å². The Bertz CT molecular complexity index is 612. The van der Waals surface area contributed by atoms with Gasteiger partial charge >= 0.3 is 0 Å². The van der Waals surface area contributed by atoms with Crippen molar-refractivity contribution < 1.29 is 9.53 Å². The number of nitrogens with one attached hydrogen (secondary N) is 2. The minimum atomic E-state index is -0.0479. The van der Waals surface area contributed by atoms with E-state index in [1.807, 2.05) is 48.5 Å². The molecule has 0 fully saturated rings. The second kappa shape index (κ2) is 9.18. The number of ether oxygens (including phenoxy) is 1. The Kier molecular flexibility index (Phi) is 6.91. The predicted octanol–water partition coefficient (Wildman–Crippen LogP) is 3.86. The van der Waals surface area contributed by atoms with E-state index in [0.29, 0.717) is 18.2 Å². The molecular weight excluding hydrogens is 312 g/mol. The molecule has 1 amide bonds. The molecule has 2 rings (SSSR count). The molecule has 23 heavy (non-hydrogen) atoms. The van der Waals surface area contributed by atoms with Gasteiger partial charge in [-0.05, 0) is 54.9 Å². The highest BCUT2D eigenvalue weighted by molar-refractivity contribution is 6.30. The van der Waals surface area contributed by atoms with Gasteiger partial charge in [-0.1, -0.05) is 30.7 Å². The van der Waals surface area contributed by atoms with Gasteiger partial charge in [0, 0.05) is 10.7 Å². The number of carbonyl (C=O) groups is 1. The number of rotatable bonds is 8. The second-order valence-corrected chi connectivity index (χ2v) is 5.60. The summed E-state index contributed by atoms with van der Waals surface area (Å²) in [5, 5.41) is 6.61. The number of hydrogen-bond donors (Lipinski definition) is 2. The molecule has 0 spiro atoms. The molecule has 0 aliphatic carbocycles. The lowest BCUT2D eigenvalue weighted by Gasteiger charge is -2.09. The average molecular weight is 333 g/mol. The maximum atomic E-state index is 11.7. The summed E-state index contributed by atoms with van der Waals surface area (Å²) in [5.74, 6) is 0.704. The summed E-state index contributed by atoms with van der Waals surface area (Å²) in [4.78, 5) is 11.7. The predicted molar refractivity (Wildman–Crippen MR) is 94.0 cm³/mol. The van der Waals surface area contributed by atoms with Crippen LogP contribution in [0, 0.1) is 0 Å². The molecule has 0 radical (unpaired) electrons. The highest BCUT2D eigenvalue weighted by Crippen LogP contribution is 2.17. The van der Waals surface area contributed by atoms with Crippen LogP contribution in [0.3, 0.4) is 0 Å². The number of carbonyl (C=O) groups excluding carboxylic acids is 1. The highest BCUT2D eigenvalue weighted by atomic mass is 35.5. The molecule has 0 unspecified atom stereocenters. The first-order chi connectivity index (χ1) is 11.2. The summed E-state index contributed by atoms with van der Waals surface area (Å²) in [6.45, 7) is 3.70. The number of amides is 1. The molecule has 2 aromatic rings. The van der Waals surface area contributed by atoms with Gasteiger partial charge in [0.1, 0.15) is 12.4 Å². The van der Waals surface area contributed by atoms with Crippen molar-refractivity contribution in [3.05, 3.63) is 59.1 Å². The van der Waals surface area contributed by atoms with Crippen LogP contribution in [0.2, 0.25) is 5.02 Å². The topological polar surface area (TPSA) is 50.4 Å². The fraction of sp³-hybridized carbons (Fsp3) is 0.278. The first-order valence-electron chi connectivity index (χ1n) is 7.65. The van der Waals surface area contributed by atoms with E-state index in [0.717, 1.165) is 30.0 Å². The van der Waals surface area contributed by atoms with Crippen molar-refractivity contribution in [2.45, 2.75) is 20.0 Å². The lowest BCUT2D eigenvalue weighted by atomic mass is 10.2. The van der Waals surface area contributed by atoms with Crippen LogP contribution in [0.15, 0.2) is 48.5 Å². The Morgan fingerprint density at radius 1 is 1.09 bits per heavy atom. The molecular formula is C18H21ClN2O2. The van der Waals surface area contributed by atoms with Crippen LogP contribution in [-0.4, -0.2) is 19.0 Å². The third kappa shape index (κ3) is 6.30. The molecule has 4 nitrogen and oxygen atoms in total. The fourth-order valence-electron chi connectivity index (χ4n) is 1.97. The molecule has 0 bridgehead atoms. The zero-order valence-corrected chi connectivity index (χ0v) is 13.9. The quantitative estimate of drug-likeness (QED) is 0.722. The van der Waals surface area contributed by atoms with Crippen molar-refractivity contribution in [1.82, 2.24) is 5.32 Å². The van der Waals surface area contributed by atoms with Crippen LogP contribution in [0.1, 0.15) is 18.9 Å². The highest BCUT2D eigenvalue weighted by Gasteiger charge is 2.02. The van der Waals surface area contributed by atoms with Gasteiger partial charge < -0.3 is 15.4 Å². The smallest absolute Gasteiger partial charge is 0.238 e. The Labute approximate surface area is 141 Å².